The van der Waals surface area contributed by atoms with Crippen molar-refractivity contribution in [3.63, 3.8) is 0 Å². The van der Waals surface area contributed by atoms with E-state index in [9.17, 15) is 8.42 Å². The highest BCUT2D eigenvalue weighted by molar-refractivity contribution is 7.89. The summed E-state index contributed by atoms with van der Waals surface area (Å²) in [5.41, 5.74) is 0. The van der Waals surface area contributed by atoms with Crippen LogP contribution in [-0.2, 0) is 21.3 Å². The second kappa shape index (κ2) is 7.64. The lowest BCUT2D eigenvalue weighted by atomic mass is 10.2. The summed E-state index contributed by atoms with van der Waals surface area (Å²) in [4.78, 5) is 0. The van der Waals surface area contributed by atoms with Gasteiger partial charge < -0.3 is 14.5 Å². The van der Waals surface area contributed by atoms with Crippen molar-refractivity contribution in [2.24, 2.45) is 5.92 Å². The first kappa shape index (κ1) is 16.2. The van der Waals surface area contributed by atoms with Crippen LogP contribution in [0.15, 0.2) is 21.6 Å². The fraction of sp³-hybridized carbons (Fsp3) is 0.667. The Morgan fingerprint density at radius 3 is 2.79 bits per heavy atom. The summed E-state index contributed by atoms with van der Waals surface area (Å²) < 4.78 is 36.7. The molecule has 1 atom stereocenters. The molecule has 0 fully saturated rings. The van der Waals surface area contributed by atoms with Gasteiger partial charge in [0.25, 0.3) is 10.0 Å². The van der Waals surface area contributed by atoms with E-state index in [1.54, 1.807) is 13.2 Å². The average molecular weight is 290 g/mol. The Labute approximate surface area is 114 Å². The molecule has 1 unspecified atom stereocenters. The van der Waals surface area contributed by atoms with Crippen LogP contribution in [0.2, 0.25) is 0 Å². The third-order valence-electron chi connectivity index (χ3n) is 2.52. The quantitative estimate of drug-likeness (QED) is 0.708. The van der Waals surface area contributed by atoms with Crippen molar-refractivity contribution in [2.75, 3.05) is 26.8 Å². The van der Waals surface area contributed by atoms with Crippen LogP contribution in [0.25, 0.3) is 0 Å². The number of hydrogen-bond acceptors (Lipinski definition) is 5. The van der Waals surface area contributed by atoms with Crippen LogP contribution < -0.4 is 10.0 Å². The maximum absolute atomic E-state index is 12.0. The first-order valence-electron chi connectivity index (χ1n) is 6.27. The topological polar surface area (TPSA) is 80.6 Å². The highest BCUT2D eigenvalue weighted by Crippen LogP contribution is 2.13. The molecule has 1 rings (SSSR count). The second-order valence-electron chi connectivity index (χ2n) is 4.41. The molecule has 0 aliphatic heterocycles. The molecule has 110 valence electrons. The van der Waals surface area contributed by atoms with E-state index in [0.717, 1.165) is 6.54 Å². The average Bonchev–Trinajstić information content (AvgIpc) is 2.84. The molecule has 1 heterocycles. The van der Waals surface area contributed by atoms with Crippen LogP contribution in [0, 0.1) is 5.92 Å². The zero-order chi connectivity index (χ0) is 14.3. The van der Waals surface area contributed by atoms with Gasteiger partial charge in [0, 0.05) is 20.3 Å². The van der Waals surface area contributed by atoms with Crippen LogP contribution in [0.1, 0.15) is 19.6 Å². The maximum Gasteiger partial charge on any atom is 0.273 e. The van der Waals surface area contributed by atoms with Gasteiger partial charge in [-0.05, 0) is 24.6 Å². The van der Waals surface area contributed by atoms with Crippen LogP contribution >= 0.6 is 0 Å². The molecule has 0 radical (unpaired) electrons. The molecule has 6 nitrogen and oxygen atoms in total. The molecule has 19 heavy (non-hydrogen) atoms. The lowest BCUT2D eigenvalue weighted by Gasteiger charge is -2.10. The zero-order valence-corrected chi connectivity index (χ0v) is 12.4. The van der Waals surface area contributed by atoms with Crippen molar-refractivity contribution in [2.45, 2.75) is 25.5 Å². The van der Waals surface area contributed by atoms with E-state index in [4.69, 9.17) is 9.15 Å². The van der Waals surface area contributed by atoms with Gasteiger partial charge in [-0.1, -0.05) is 13.8 Å². The molecular weight excluding hydrogens is 268 g/mol. The third kappa shape index (κ3) is 5.32. The largest absolute Gasteiger partial charge is 0.447 e. The highest BCUT2D eigenvalue weighted by Gasteiger charge is 2.19. The van der Waals surface area contributed by atoms with Gasteiger partial charge >= 0.3 is 0 Å². The van der Waals surface area contributed by atoms with Gasteiger partial charge in [0.2, 0.25) is 5.09 Å². The Kier molecular flexibility index (Phi) is 6.50. The van der Waals surface area contributed by atoms with Gasteiger partial charge in [0.05, 0.1) is 6.54 Å². The van der Waals surface area contributed by atoms with Crippen molar-refractivity contribution >= 4 is 10.0 Å². The summed E-state index contributed by atoms with van der Waals surface area (Å²) >= 11 is 0. The van der Waals surface area contributed by atoms with E-state index < -0.39 is 10.0 Å². The van der Waals surface area contributed by atoms with E-state index in [1.807, 2.05) is 13.8 Å². The molecule has 2 N–H and O–H groups in total. The van der Waals surface area contributed by atoms with Gasteiger partial charge in [0.15, 0.2) is 0 Å². The van der Waals surface area contributed by atoms with Crippen LogP contribution in [0.3, 0.4) is 0 Å². The van der Waals surface area contributed by atoms with Crippen molar-refractivity contribution in [3.8, 4) is 0 Å². The number of ether oxygens (including phenoxy) is 1. The minimum atomic E-state index is -3.58. The molecule has 0 aliphatic rings. The highest BCUT2D eigenvalue weighted by atomic mass is 32.2. The zero-order valence-electron chi connectivity index (χ0n) is 11.6. The molecule has 1 aromatic heterocycles. The number of hydrogen-bond donors (Lipinski definition) is 2. The van der Waals surface area contributed by atoms with Crippen molar-refractivity contribution in [1.82, 2.24) is 10.0 Å². The lowest BCUT2D eigenvalue weighted by molar-refractivity contribution is 0.161. The molecule has 0 amide bonds. The predicted molar refractivity (Wildman–Crippen MR) is 72.3 cm³/mol. The molecule has 0 spiro atoms. The van der Waals surface area contributed by atoms with Crippen molar-refractivity contribution < 1.29 is 17.6 Å². The summed E-state index contributed by atoms with van der Waals surface area (Å²) in [6.07, 6.45) is 0. The Morgan fingerprint density at radius 1 is 1.42 bits per heavy atom. The molecule has 0 aromatic carbocycles. The molecule has 1 aromatic rings. The Balaban J connectivity index is 2.59. The van der Waals surface area contributed by atoms with Crippen LogP contribution in [0.4, 0.5) is 0 Å². The van der Waals surface area contributed by atoms with Crippen molar-refractivity contribution in [1.29, 1.82) is 0 Å². The van der Waals surface area contributed by atoms with E-state index >= 15 is 0 Å². The third-order valence-corrected chi connectivity index (χ3v) is 3.82. The minimum absolute atomic E-state index is 0.0509. The number of furan rings is 1. The molecule has 0 saturated heterocycles. The SMILES string of the molecule is CCNCc1ccc(S(=O)(=O)NCC(C)COC)o1. The van der Waals surface area contributed by atoms with Crippen LogP contribution in [-0.4, -0.2) is 35.2 Å². The summed E-state index contributed by atoms with van der Waals surface area (Å²) in [6, 6.07) is 3.13. The molecule has 0 bridgehead atoms. The fourth-order valence-corrected chi connectivity index (χ4v) is 2.62. The number of methoxy groups -OCH3 is 1. The first-order chi connectivity index (χ1) is 8.99. The number of rotatable bonds is 9. The van der Waals surface area contributed by atoms with Gasteiger partial charge in [-0.2, -0.15) is 0 Å². The van der Waals surface area contributed by atoms with Gasteiger partial charge in [-0.3, -0.25) is 0 Å². The van der Waals surface area contributed by atoms with E-state index in [-0.39, 0.29) is 11.0 Å². The lowest BCUT2D eigenvalue weighted by Crippen LogP contribution is -2.29. The standard InChI is InChI=1S/C12H22N2O4S/c1-4-13-8-11-5-6-12(18-11)19(15,16)14-7-10(2)9-17-3/h5-6,10,13-14H,4,7-9H2,1-3H3. The van der Waals surface area contributed by atoms with E-state index in [0.29, 0.717) is 25.5 Å². The predicted octanol–water partition coefficient (Wildman–Crippen LogP) is 0.950. The van der Waals surface area contributed by atoms with Gasteiger partial charge in [-0.15, -0.1) is 0 Å². The van der Waals surface area contributed by atoms with Crippen molar-refractivity contribution in [3.05, 3.63) is 17.9 Å². The summed E-state index contributed by atoms with van der Waals surface area (Å²) in [5, 5.41) is 3.02. The molecule has 0 aliphatic carbocycles. The Hall–Kier alpha value is -0.890. The number of sulfonamides is 1. The fourth-order valence-electron chi connectivity index (χ4n) is 1.51. The first-order valence-corrected chi connectivity index (χ1v) is 7.76. The normalized spacial score (nSPS) is 13.6. The minimum Gasteiger partial charge on any atom is -0.447 e. The summed E-state index contributed by atoms with van der Waals surface area (Å²) in [6.45, 7) is 6.03. The Morgan fingerprint density at radius 2 is 2.16 bits per heavy atom. The molecule has 0 saturated carbocycles. The van der Waals surface area contributed by atoms with Gasteiger partial charge in [0.1, 0.15) is 5.76 Å². The summed E-state index contributed by atoms with van der Waals surface area (Å²) in [5.74, 6) is 0.711. The van der Waals surface area contributed by atoms with E-state index in [2.05, 4.69) is 10.0 Å². The molecular formula is C12H22N2O4S. The second-order valence-corrected chi connectivity index (χ2v) is 6.11. The number of nitrogens with one attached hydrogen (secondary N) is 2. The molecule has 7 heteroatoms. The Bertz CT molecular complexity index is 470. The smallest absolute Gasteiger partial charge is 0.273 e. The van der Waals surface area contributed by atoms with Gasteiger partial charge in [-0.25, -0.2) is 13.1 Å². The van der Waals surface area contributed by atoms with E-state index in [1.165, 1.54) is 6.07 Å². The summed E-state index contributed by atoms with van der Waals surface area (Å²) in [7, 11) is -1.99. The monoisotopic (exact) mass is 290 g/mol. The van der Waals surface area contributed by atoms with Crippen LogP contribution in [0.5, 0.6) is 0 Å². The maximum atomic E-state index is 12.0.